The lowest BCUT2D eigenvalue weighted by Crippen LogP contribution is -2.54. The van der Waals surface area contributed by atoms with Crippen LogP contribution in [0.5, 0.6) is 0 Å². The Morgan fingerprint density at radius 3 is 2.43 bits per heavy atom. The monoisotopic (exact) mass is 464 g/mol. The van der Waals surface area contributed by atoms with Crippen LogP contribution in [0.1, 0.15) is 17.0 Å². The largest absolute Gasteiger partial charge is 0.335 e. The van der Waals surface area contributed by atoms with Gasteiger partial charge in [0.2, 0.25) is 0 Å². The number of hydrogen-bond acceptors (Lipinski definition) is 4. The van der Waals surface area contributed by atoms with Gasteiger partial charge in [-0.15, -0.1) is 0 Å². The van der Waals surface area contributed by atoms with Crippen LogP contribution in [0, 0.1) is 13.8 Å². The van der Waals surface area contributed by atoms with Crippen molar-refractivity contribution >= 4 is 45.5 Å². The zero-order valence-corrected chi connectivity index (χ0v) is 17.8. The third-order valence-electron chi connectivity index (χ3n) is 4.84. The van der Waals surface area contributed by atoms with E-state index in [1.165, 1.54) is 6.08 Å². The molecule has 1 aliphatic rings. The Morgan fingerprint density at radius 2 is 1.77 bits per heavy atom. The smallest absolute Gasteiger partial charge is 0.303 e. The van der Waals surface area contributed by atoms with Crippen molar-refractivity contribution in [2.45, 2.75) is 13.8 Å². The van der Waals surface area contributed by atoms with Crippen LogP contribution >= 0.6 is 15.9 Å². The van der Waals surface area contributed by atoms with Gasteiger partial charge in [-0.05, 0) is 68.0 Å². The van der Waals surface area contributed by atoms with E-state index >= 15 is 0 Å². The molecule has 7 nitrogen and oxygen atoms in total. The number of aryl methyl sites for hydroxylation is 1. The number of nitrogens with one attached hydrogen (secondary N) is 1. The van der Waals surface area contributed by atoms with E-state index in [1.54, 1.807) is 30.5 Å². The molecule has 0 saturated carbocycles. The summed E-state index contributed by atoms with van der Waals surface area (Å²) >= 11 is 3.32. The van der Waals surface area contributed by atoms with Crippen LogP contribution in [0.4, 0.5) is 10.5 Å². The molecule has 3 aromatic rings. The number of carbonyl (C=O) groups is 3. The number of urea groups is 1. The van der Waals surface area contributed by atoms with Gasteiger partial charge >= 0.3 is 6.03 Å². The van der Waals surface area contributed by atoms with Crippen molar-refractivity contribution in [1.82, 2.24) is 14.9 Å². The average molecular weight is 465 g/mol. The molecule has 1 saturated heterocycles. The van der Waals surface area contributed by atoms with Crippen LogP contribution in [-0.2, 0) is 9.59 Å². The first-order valence-electron chi connectivity index (χ1n) is 9.14. The molecule has 1 aliphatic heterocycles. The number of barbiturate groups is 1. The second-order valence-electron chi connectivity index (χ2n) is 6.78. The van der Waals surface area contributed by atoms with Crippen molar-refractivity contribution in [2.24, 2.45) is 0 Å². The highest BCUT2D eigenvalue weighted by atomic mass is 79.9. The van der Waals surface area contributed by atoms with Gasteiger partial charge < -0.3 is 4.57 Å². The molecule has 0 spiro atoms. The second kappa shape index (κ2) is 7.72. The van der Waals surface area contributed by atoms with Gasteiger partial charge in [0.05, 0.1) is 5.69 Å². The van der Waals surface area contributed by atoms with E-state index in [9.17, 15) is 14.4 Å². The number of nitrogens with zero attached hydrogens (tertiary/aromatic N) is 3. The Morgan fingerprint density at radius 1 is 1.03 bits per heavy atom. The van der Waals surface area contributed by atoms with Crippen molar-refractivity contribution in [3.63, 3.8) is 0 Å². The minimum atomic E-state index is -0.775. The molecule has 3 heterocycles. The number of imide groups is 2. The summed E-state index contributed by atoms with van der Waals surface area (Å²) in [6, 6.07) is 13.4. The highest BCUT2D eigenvalue weighted by molar-refractivity contribution is 9.10. The lowest BCUT2D eigenvalue weighted by Gasteiger charge is -2.26. The molecule has 2 aromatic heterocycles. The number of hydrogen-bond donors (Lipinski definition) is 1. The van der Waals surface area contributed by atoms with Gasteiger partial charge in [-0.2, -0.15) is 0 Å². The summed E-state index contributed by atoms with van der Waals surface area (Å²) in [6.07, 6.45) is 3.21. The third kappa shape index (κ3) is 3.46. The summed E-state index contributed by atoms with van der Waals surface area (Å²) in [5, 5.41) is 2.24. The number of anilines is 1. The molecule has 4 rings (SSSR count). The normalized spacial score (nSPS) is 15.6. The number of benzene rings is 1. The van der Waals surface area contributed by atoms with E-state index in [0.717, 1.165) is 26.6 Å². The van der Waals surface area contributed by atoms with E-state index in [-0.39, 0.29) is 5.57 Å². The highest BCUT2D eigenvalue weighted by Gasteiger charge is 2.37. The predicted molar refractivity (Wildman–Crippen MR) is 116 cm³/mol. The maximum Gasteiger partial charge on any atom is 0.335 e. The van der Waals surface area contributed by atoms with Crippen molar-refractivity contribution in [3.05, 3.63) is 81.7 Å². The minimum Gasteiger partial charge on any atom is -0.303 e. The van der Waals surface area contributed by atoms with Gasteiger partial charge in [0, 0.05) is 22.1 Å². The van der Waals surface area contributed by atoms with Crippen LogP contribution in [0.15, 0.2) is 64.8 Å². The van der Waals surface area contributed by atoms with Gasteiger partial charge in [-0.25, -0.2) is 14.7 Å². The molecule has 0 atom stereocenters. The van der Waals surface area contributed by atoms with E-state index in [4.69, 9.17) is 0 Å². The second-order valence-corrected chi connectivity index (χ2v) is 7.70. The Balaban J connectivity index is 1.76. The first-order valence-corrected chi connectivity index (χ1v) is 9.93. The van der Waals surface area contributed by atoms with Gasteiger partial charge in [0.1, 0.15) is 11.4 Å². The van der Waals surface area contributed by atoms with Crippen molar-refractivity contribution in [3.8, 4) is 5.82 Å². The molecular formula is C22H17BrN4O3. The summed E-state index contributed by atoms with van der Waals surface area (Å²) in [7, 11) is 0. The topological polar surface area (TPSA) is 84.3 Å². The van der Waals surface area contributed by atoms with Gasteiger partial charge in [-0.1, -0.05) is 22.0 Å². The van der Waals surface area contributed by atoms with Gasteiger partial charge in [0.25, 0.3) is 11.8 Å². The van der Waals surface area contributed by atoms with E-state index in [0.29, 0.717) is 11.3 Å². The van der Waals surface area contributed by atoms with Crippen LogP contribution in [0.25, 0.3) is 11.9 Å². The number of halogens is 1. The zero-order valence-electron chi connectivity index (χ0n) is 16.2. The number of amides is 4. The first kappa shape index (κ1) is 19.8. The molecule has 1 fully saturated rings. The molecule has 0 unspecified atom stereocenters. The molecule has 1 aromatic carbocycles. The van der Waals surface area contributed by atoms with Crippen LogP contribution in [0.3, 0.4) is 0 Å². The lowest BCUT2D eigenvalue weighted by atomic mass is 10.1. The Labute approximate surface area is 181 Å². The Kier molecular flexibility index (Phi) is 5.09. The third-order valence-corrected chi connectivity index (χ3v) is 5.36. The first-order chi connectivity index (χ1) is 14.4. The fraction of sp³-hybridized carbons (Fsp3) is 0.0909. The molecule has 0 radical (unpaired) electrons. The molecule has 1 N–H and O–H groups in total. The number of rotatable bonds is 3. The van der Waals surface area contributed by atoms with Gasteiger partial charge in [-0.3, -0.25) is 14.9 Å². The highest BCUT2D eigenvalue weighted by Crippen LogP contribution is 2.26. The number of aromatic nitrogens is 2. The van der Waals surface area contributed by atoms with E-state index < -0.39 is 17.8 Å². The van der Waals surface area contributed by atoms with Crippen LogP contribution in [0.2, 0.25) is 0 Å². The lowest BCUT2D eigenvalue weighted by molar-refractivity contribution is -0.122. The molecule has 0 bridgehead atoms. The fourth-order valence-corrected chi connectivity index (χ4v) is 3.67. The van der Waals surface area contributed by atoms with Crippen LogP contribution < -0.4 is 10.2 Å². The zero-order chi connectivity index (χ0) is 21.4. The van der Waals surface area contributed by atoms with E-state index in [1.807, 2.05) is 42.7 Å². The average Bonchev–Trinajstić information content (AvgIpc) is 3.00. The van der Waals surface area contributed by atoms with Crippen molar-refractivity contribution in [2.75, 3.05) is 4.90 Å². The minimum absolute atomic E-state index is 0.112. The molecule has 4 amide bonds. The summed E-state index contributed by atoms with van der Waals surface area (Å²) in [6.45, 7) is 3.81. The quantitative estimate of drug-likeness (QED) is 0.470. The predicted octanol–water partition coefficient (Wildman–Crippen LogP) is 3.92. The SMILES string of the molecule is Cc1cc(/C=C2\C(=O)NC(=O)N(c3ccc(Br)cc3)C2=O)c(C)n1-c1ccccn1. The molecule has 150 valence electrons. The molecular weight excluding hydrogens is 448 g/mol. The maximum atomic E-state index is 13.1. The number of pyridine rings is 1. The summed E-state index contributed by atoms with van der Waals surface area (Å²) in [5.74, 6) is -0.655. The number of carbonyl (C=O) groups excluding carboxylic acids is 3. The van der Waals surface area contributed by atoms with Crippen LogP contribution in [-0.4, -0.2) is 27.4 Å². The van der Waals surface area contributed by atoms with Gasteiger partial charge in [0.15, 0.2) is 0 Å². The summed E-state index contributed by atoms with van der Waals surface area (Å²) in [4.78, 5) is 43.2. The standard InChI is InChI=1S/C22H17BrN4O3/c1-13-11-15(14(2)26(13)19-5-3-4-10-24-19)12-18-20(28)25-22(30)27(21(18)29)17-8-6-16(23)7-9-17/h3-12H,1-2H3,(H,25,28,30)/b18-12+. The fourth-order valence-electron chi connectivity index (χ4n) is 3.41. The Hall–Kier alpha value is -3.52. The molecule has 8 heteroatoms. The van der Waals surface area contributed by atoms with Crippen molar-refractivity contribution in [1.29, 1.82) is 0 Å². The summed E-state index contributed by atoms with van der Waals surface area (Å²) in [5.41, 5.74) is 2.69. The summed E-state index contributed by atoms with van der Waals surface area (Å²) < 4.78 is 2.75. The van der Waals surface area contributed by atoms with Crippen molar-refractivity contribution < 1.29 is 14.4 Å². The Bertz CT molecular complexity index is 1200. The molecule has 0 aliphatic carbocycles. The van der Waals surface area contributed by atoms with E-state index in [2.05, 4.69) is 26.2 Å². The molecule has 30 heavy (non-hydrogen) atoms. The maximum absolute atomic E-state index is 13.1.